The van der Waals surface area contributed by atoms with Crippen molar-refractivity contribution in [3.63, 3.8) is 0 Å². The second-order valence-corrected chi connectivity index (χ2v) is 2.44. The fourth-order valence-corrected chi connectivity index (χ4v) is 0.898. The van der Waals surface area contributed by atoms with Gasteiger partial charge in [0.15, 0.2) is 5.82 Å². The second-order valence-electron chi connectivity index (χ2n) is 2.44. The number of rotatable bonds is 2. The minimum absolute atomic E-state index is 0.373. The van der Waals surface area contributed by atoms with E-state index in [1.165, 1.54) is 0 Å². The van der Waals surface area contributed by atoms with E-state index in [2.05, 4.69) is 20.1 Å². The summed E-state index contributed by atoms with van der Waals surface area (Å²) in [6, 6.07) is 1.74. The van der Waals surface area contributed by atoms with Crippen LogP contribution in [0.25, 0.3) is 11.7 Å². The van der Waals surface area contributed by atoms with E-state index in [0.29, 0.717) is 17.5 Å². The van der Waals surface area contributed by atoms with Gasteiger partial charge in [-0.1, -0.05) is 12.1 Å². The SMILES string of the molecule is CCc1noc(-c2ncccn2)n1. The molecule has 0 aliphatic carbocycles. The average Bonchev–Trinajstić information content (AvgIpc) is 2.67. The van der Waals surface area contributed by atoms with Crippen LogP contribution in [0.5, 0.6) is 0 Å². The van der Waals surface area contributed by atoms with Crippen molar-refractivity contribution in [3.8, 4) is 11.7 Å². The topological polar surface area (TPSA) is 64.7 Å². The molecule has 0 aromatic carbocycles. The van der Waals surface area contributed by atoms with Crippen LogP contribution < -0.4 is 0 Å². The first-order valence-electron chi connectivity index (χ1n) is 4.00. The summed E-state index contributed by atoms with van der Waals surface area (Å²) < 4.78 is 4.96. The third-order valence-corrected chi connectivity index (χ3v) is 1.54. The van der Waals surface area contributed by atoms with E-state index in [9.17, 15) is 0 Å². The lowest BCUT2D eigenvalue weighted by Crippen LogP contribution is -1.87. The van der Waals surface area contributed by atoms with Crippen molar-refractivity contribution in [3.05, 3.63) is 24.3 Å². The summed E-state index contributed by atoms with van der Waals surface area (Å²) in [6.07, 6.45) is 4.02. The maximum Gasteiger partial charge on any atom is 0.295 e. The van der Waals surface area contributed by atoms with E-state index in [1.54, 1.807) is 18.5 Å². The molecule has 0 amide bonds. The molecule has 66 valence electrons. The molecule has 5 nitrogen and oxygen atoms in total. The van der Waals surface area contributed by atoms with Gasteiger partial charge in [0.25, 0.3) is 5.89 Å². The number of aromatic nitrogens is 4. The minimum atomic E-state index is 0.373. The van der Waals surface area contributed by atoms with Gasteiger partial charge in [-0.2, -0.15) is 4.98 Å². The van der Waals surface area contributed by atoms with Gasteiger partial charge in [-0.15, -0.1) is 0 Å². The Hall–Kier alpha value is -1.78. The Bertz CT molecular complexity index is 384. The lowest BCUT2D eigenvalue weighted by atomic mass is 10.5. The monoisotopic (exact) mass is 176 g/mol. The number of hydrogen-bond donors (Lipinski definition) is 0. The van der Waals surface area contributed by atoms with Gasteiger partial charge in [-0.25, -0.2) is 9.97 Å². The normalized spacial score (nSPS) is 10.2. The summed E-state index contributed by atoms with van der Waals surface area (Å²) in [5.41, 5.74) is 0. The van der Waals surface area contributed by atoms with Crippen LogP contribution in [0.2, 0.25) is 0 Å². The molecule has 13 heavy (non-hydrogen) atoms. The fraction of sp³-hybridized carbons (Fsp3) is 0.250. The third-order valence-electron chi connectivity index (χ3n) is 1.54. The molecule has 0 aliphatic heterocycles. The van der Waals surface area contributed by atoms with Crippen molar-refractivity contribution in [2.45, 2.75) is 13.3 Å². The second kappa shape index (κ2) is 3.30. The predicted octanol–water partition coefficient (Wildman–Crippen LogP) is 1.09. The molecule has 0 radical (unpaired) electrons. The predicted molar refractivity (Wildman–Crippen MR) is 44.7 cm³/mol. The highest BCUT2D eigenvalue weighted by Crippen LogP contribution is 2.09. The summed E-state index contributed by atoms with van der Waals surface area (Å²) >= 11 is 0. The third kappa shape index (κ3) is 1.53. The Kier molecular flexibility index (Phi) is 1.99. The van der Waals surface area contributed by atoms with Crippen LogP contribution in [0.3, 0.4) is 0 Å². The van der Waals surface area contributed by atoms with Gasteiger partial charge in [0.05, 0.1) is 0 Å². The molecular formula is C8H8N4O. The number of nitrogens with zero attached hydrogens (tertiary/aromatic N) is 4. The number of hydrogen-bond acceptors (Lipinski definition) is 5. The summed E-state index contributed by atoms with van der Waals surface area (Å²) in [7, 11) is 0. The van der Waals surface area contributed by atoms with Crippen LogP contribution in [-0.2, 0) is 6.42 Å². The van der Waals surface area contributed by atoms with Crippen molar-refractivity contribution < 1.29 is 4.52 Å². The Labute approximate surface area is 74.8 Å². The van der Waals surface area contributed by atoms with Crippen molar-refractivity contribution in [1.82, 2.24) is 20.1 Å². The van der Waals surface area contributed by atoms with E-state index in [0.717, 1.165) is 6.42 Å². The van der Waals surface area contributed by atoms with Crippen LogP contribution in [0.4, 0.5) is 0 Å². The van der Waals surface area contributed by atoms with Crippen LogP contribution in [-0.4, -0.2) is 20.1 Å². The van der Waals surface area contributed by atoms with Crippen molar-refractivity contribution in [2.75, 3.05) is 0 Å². The zero-order chi connectivity index (χ0) is 9.10. The smallest absolute Gasteiger partial charge is 0.295 e. The van der Waals surface area contributed by atoms with Gasteiger partial charge >= 0.3 is 0 Å². The molecule has 0 unspecified atom stereocenters. The van der Waals surface area contributed by atoms with E-state index in [-0.39, 0.29) is 0 Å². The lowest BCUT2D eigenvalue weighted by molar-refractivity contribution is 0.420. The molecular weight excluding hydrogens is 168 g/mol. The summed E-state index contributed by atoms with van der Waals surface area (Å²) in [4.78, 5) is 12.1. The molecule has 0 aliphatic rings. The first-order valence-corrected chi connectivity index (χ1v) is 4.00. The average molecular weight is 176 g/mol. The van der Waals surface area contributed by atoms with Gasteiger partial charge in [0.2, 0.25) is 5.82 Å². The first-order chi connectivity index (χ1) is 6.40. The van der Waals surface area contributed by atoms with E-state index in [1.807, 2.05) is 6.92 Å². The fourth-order valence-electron chi connectivity index (χ4n) is 0.898. The molecule has 2 aromatic rings. The number of aryl methyl sites for hydroxylation is 1. The highest BCUT2D eigenvalue weighted by Gasteiger charge is 2.08. The van der Waals surface area contributed by atoms with Crippen LogP contribution in [0, 0.1) is 0 Å². The molecule has 2 aromatic heterocycles. The molecule has 0 atom stereocenters. The van der Waals surface area contributed by atoms with Gasteiger partial charge in [0.1, 0.15) is 0 Å². The molecule has 0 saturated carbocycles. The van der Waals surface area contributed by atoms with Gasteiger partial charge < -0.3 is 4.52 Å². The maximum absolute atomic E-state index is 4.96. The summed E-state index contributed by atoms with van der Waals surface area (Å²) in [5, 5.41) is 3.74. The molecule has 0 spiro atoms. The lowest BCUT2D eigenvalue weighted by Gasteiger charge is -1.87. The minimum Gasteiger partial charge on any atom is -0.330 e. The first kappa shape index (κ1) is 7.85. The highest BCUT2D eigenvalue weighted by molar-refractivity contribution is 5.37. The Morgan fingerprint density at radius 1 is 1.31 bits per heavy atom. The molecule has 0 fully saturated rings. The van der Waals surface area contributed by atoms with Crippen molar-refractivity contribution in [1.29, 1.82) is 0 Å². The Morgan fingerprint density at radius 3 is 2.69 bits per heavy atom. The van der Waals surface area contributed by atoms with E-state index in [4.69, 9.17) is 4.52 Å². The standard InChI is InChI=1S/C8H8N4O/c1-2-6-11-8(13-12-6)7-9-4-3-5-10-7/h3-5H,2H2,1H3. The Balaban J connectivity index is 2.36. The van der Waals surface area contributed by atoms with E-state index >= 15 is 0 Å². The highest BCUT2D eigenvalue weighted by atomic mass is 16.5. The van der Waals surface area contributed by atoms with Crippen molar-refractivity contribution >= 4 is 0 Å². The molecule has 2 rings (SSSR count). The largest absolute Gasteiger partial charge is 0.330 e. The molecule has 5 heteroatoms. The quantitative estimate of drug-likeness (QED) is 0.685. The van der Waals surface area contributed by atoms with Crippen LogP contribution in [0.15, 0.2) is 23.0 Å². The summed E-state index contributed by atoms with van der Waals surface area (Å²) in [5.74, 6) is 1.51. The van der Waals surface area contributed by atoms with E-state index < -0.39 is 0 Å². The maximum atomic E-state index is 4.96. The zero-order valence-corrected chi connectivity index (χ0v) is 7.14. The van der Waals surface area contributed by atoms with Gasteiger partial charge in [0, 0.05) is 18.8 Å². The van der Waals surface area contributed by atoms with Crippen LogP contribution in [0.1, 0.15) is 12.7 Å². The van der Waals surface area contributed by atoms with Crippen LogP contribution >= 0.6 is 0 Å². The molecule has 0 saturated heterocycles. The van der Waals surface area contributed by atoms with Gasteiger partial charge in [-0.05, 0) is 6.07 Å². The van der Waals surface area contributed by atoms with Gasteiger partial charge in [-0.3, -0.25) is 0 Å². The van der Waals surface area contributed by atoms with Crippen molar-refractivity contribution in [2.24, 2.45) is 0 Å². The summed E-state index contributed by atoms with van der Waals surface area (Å²) in [6.45, 7) is 1.96. The molecule has 2 heterocycles. The molecule has 0 bridgehead atoms. The molecule has 0 N–H and O–H groups in total. The zero-order valence-electron chi connectivity index (χ0n) is 7.14. The Morgan fingerprint density at radius 2 is 2.08 bits per heavy atom.